The average molecular weight is 157 g/mol. The number of amides is 2. The highest BCUT2D eigenvalue weighted by atomic mass is 16.2. The summed E-state index contributed by atoms with van der Waals surface area (Å²) < 4.78 is 0. The van der Waals surface area contributed by atoms with Crippen molar-refractivity contribution in [3.05, 3.63) is 0 Å². The van der Waals surface area contributed by atoms with E-state index >= 15 is 0 Å². The van der Waals surface area contributed by atoms with E-state index < -0.39 is 0 Å². The number of nitrogens with one attached hydrogen (secondary N) is 2. The second-order valence-corrected chi connectivity index (χ2v) is 2.78. The summed E-state index contributed by atoms with van der Waals surface area (Å²) in [5.41, 5.74) is 0. The molecule has 1 aliphatic rings. The summed E-state index contributed by atoms with van der Waals surface area (Å²) in [4.78, 5) is 12.9. The fourth-order valence-electron chi connectivity index (χ4n) is 1.34. The number of likely N-dealkylation sites (N-methyl/N-ethyl adjacent to an activating group) is 1. The van der Waals surface area contributed by atoms with Crippen LogP contribution < -0.4 is 10.6 Å². The number of hydrogen-bond donors (Lipinski definition) is 2. The maximum Gasteiger partial charge on any atom is 0.317 e. The fourth-order valence-corrected chi connectivity index (χ4v) is 1.34. The molecule has 1 atom stereocenters. The van der Waals surface area contributed by atoms with Crippen molar-refractivity contribution >= 4 is 6.03 Å². The molecule has 2 N–H and O–H groups in total. The molecule has 0 aromatic carbocycles. The van der Waals surface area contributed by atoms with Crippen molar-refractivity contribution in [3.63, 3.8) is 0 Å². The number of hydrogen-bond acceptors (Lipinski definition) is 2. The van der Waals surface area contributed by atoms with E-state index in [2.05, 4.69) is 10.6 Å². The molecule has 4 nitrogen and oxygen atoms in total. The molecule has 0 saturated carbocycles. The molecule has 1 heterocycles. The molecule has 2 amide bonds. The first-order valence-electron chi connectivity index (χ1n) is 3.92. The van der Waals surface area contributed by atoms with Gasteiger partial charge in [0, 0.05) is 26.2 Å². The third-order valence-corrected chi connectivity index (χ3v) is 2.10. The first-order valence-corrected chi connectivity index (χ1v) is 3.92. The van der Waals surface area contributed by atoms with Gasteiger partial charge in [0.2, 0.25) is 0 Å². The predicted octanol–water partition coefficient (Wildman–Crippen LogP) is -0.380. The Hall–Kier alpha value is -0.770. The number of carbonyl (C=O) groups is 1. The standard InChI is InChI=1S/C7H15N3O/c1-8-6-3-4-10(5-6)7(11)9-2/h6,8H,3-5H2,1-2H3,(H,9,11). The smallest absolute Gasteiger partial charge is 0.317 e. The molecular formula is C7H15N3O. The highest BCUT2D eigenvalue weighted by molar-refractivity contribution is 5.74. The van der Waals surface area contributed by atoms with E-state index in [-0.39, 0.29) is 6.03 Å². The zero-order chi connectivity index (χ0) is 8.27. The molecule has 1 fully saturated rings. The number of urea groups is 1. The van der Waals surface area contributed by atoms with Gasteiger partial charge in [0.1, 0.15) is 0 Å². The number of nitrogens with zero attached hydrogens (tertiary/aromatic N) is 1. The van der Waals surface area contributed by atoms with Crippen LogP contribution in [0.4, 0.5) is 4.79 Å². The summed E-state index contributed by atoms with van der Waals surface area (Å²) in [6.07, 6.45) is 1.06. The van der Waals surface area contributed by atoms with Gasteiger partial charge in [-0.2, -0.15) is 0 Å². The van der Waals surface area contributed by atoms with E-state index in [4.69, 9.17) is 0 Å². The van der Waals surface area contributed by atoms with Crippen molar-refractivity contribution in [2.75, 3.05) is 27.2 Å². The van der Waals surface area contributed by atoms with Gasteiger partial charge in [-0.1, -0.05) is 0 Å². The molecule has 0 bridgehead atoms. The number of carbonyl (C=O) groups excluding carboxylic acids is 1. The van der Waals surface area contributed by atoms with E-state index in [0.29, 0.717) is 6.04 Å². The van der Waals surface area contributed by atoms with Gasteiger partial charge in [-0.3, -0.25) is 0 Å². The molecular weight excluding hydrogens is 142 g/mol. The van der Waals surface area contributed by atoms with Crippen molar-refractivity contribution in [2.24, 2.45) is 0 Å². The van der Waals surface area contributed by atoms with Crippen molar-refractivity contribution in [3.8, 4) is 0 Å². The lowest BCUT2D eigenvalue weighted by atomic mass is 10.3. The zero-order valence-corrected chi connectivity index (χ0v) is 7.05. The Morgan fingerprint density at radius 1 is 1.55 bits per heavy atom. The van der Waals surface area contributed by atoms with E-state index in [9.17, 15) is 4.79 Å². The van der Waals surface area contributed by atoms with Crippen LogP contribution >= 0.6 is 0 Å². The summed E-state index contributed by atoms with van der Waals surface area (Å²) in [5, 5.41) is 5.76. The van der Waals surface area contributed by atoms with Crippen LogP contribution in [0.3, 0.4) is 0 Å². The second-order valence-electron chi connectivity index (χ2n) is 2.78. The summed E-state index contributed by atoms with van der Waals surface area (Å²) >= 11 is 0. The molecule has 64 valence electrons. The lowest BCUT2D eigenvalue weighted by Gasteiger charge is -2.14. The zero-order valence-electron chi connectivity index (χ0n) is 7.05. The van der Waals surface area contributed by atoms with Gasteiger partial charge in [-0.25, -0.2) is 4.79 Å². The Balaban J connectivity index is 2.35. The largest absolute Gasteiger partial charge is 0.341 e. The van der Waals surface area contributed by atoms with Gasteiger partial charge >= 0.3 is 6.03 Å². The minimum atomic E-state index is 0.0303. The Bertz CT molecular complexity index is 149. The van der Waals surface area contributed by atoms with E-state index in [1.807, 2.05) is 11.9 Å². The Morgan fingerprint density at radius 2 is 2.27 bits per heavy atom. The molecule has 1 unspecified atom stereocenters. The van der Waals surface area contributed by atoms with Crippen molar-refractivity contribution in [1.82, 2.24) is 15.5 Å². The van der Waals surface area contributed by atoms with Crippen LogP contribution in [0.1, 0.15) is 6.42 Å². The van der Waals surface area contributed by atoms with E-state index in [0.717, 1.165) is 19.5 Å². The molecule has 0 aromatic heterocycles. The molecule has 1 aliphatic heterocycles. The van der Waals surface area contributed by atoms with Crippen LogP contribution in [0.25, 0.3) is 0 Å². The van der Waals surface area contributed by atoms with E-state index in [1.54, 1.807) is 7.05 Å². The van der Waals surface area contributed by atoms with Crippen LogP contribution in [0, 0.1) is 0 Å². The summed E-state index contributed by atoms with van der Waals surface area (Å²) in [6.45, 7) is 1.70. The van der Waals surface area contributed by atoms with Gasteiger partial charge in [0.05, 0.1) is 0 Å². The highest BCUT2D eigenvalue weighted by Crippen LogP contribution is 2.07. The lowest BCUT2D eigenvalue weighted by Crippen LogP contribution is -2.38. The van der Waals surface area contributed by atoms with Gasteiger partial charge in [0.25, 0.3) is 0 Å². The lowest BCUT2D eigenvalue weighted by molar-refractivity contribution is 0.210. The molecule has 11 heavy (non-hydrogen) atoms. The number of likely N-dealkylation sites (tertiary alicyclic amines) is 1. The van der Waals surface area contributed by atoms with Gasteiger partial charge < -0.3 is 15.5 Å². The normalized spacial score (nSPS) is 23.8. The molecule has 0 aromatic rings. The SMILES string of the molecule is CNC(=O)N1CCC(NC)C1. The van der Waals surface area contributed by atoms with Gasteiger partial charge in [-0.15, -0.1) is 0 Å². The summed E-state index contributed by atoms with van der Waals surface area (Å²) in [6, 6.07) is 0.509. The van der Waals surface area contributed by atoms with Crippen LogP contribution in [0.5, 0.6) is 0 Å². The Kier molecular flexibility index (Phi) is 2.70. The van der Waals surface area contributed by atoms with Crippen molar-refractivity contribution < 1.29 is 4.79 Å². The Labute approximate surface area is 66.9 Å². The van der Waals surface area contributed by atoms with Gasteiger partial charge in [-0.05, 0) is 13.5 Å². The molecule has 0 aliphatic carbocycles. The quantitative estimate of drug-likeness (QED) is 0.545. The minimum Gasteiger partial charge on any atom is -0.341 e. The average Bonchev–Trinajstić information content (AvgIpc) is 2.50. The van der Waals surface area contributed by atoms with Crippen LogP contribution in [-0.4, -0.2) is 44.2 Å². The second kappa shape index (κ2) is 3.57. The maximum absolute atomic E-state index is 11.1. The Morgan fingerprint density at radius 3 is 2.73 bits per heavy atom. The monoisotopic (exact) mass is 157 g/mol. The third-order valence-electron chi connectivity index (χ3n) is 2.10. The number of rotatable bonds is 1. The summed E-state index contributed by atoms with van der Waals surface area (Å²) in [5.74, 6) is 0. The molecule has 0 spiro atoms. The van der Waals surface area contributed by atoms with Crippen molar-refractivity contribution in [2.45, 2.75) is 12.5 Å². The summed E-state index contributed by atoms with van der Waals surface area (Å²) in [7, 11) is 3.59. The third kappa shape index (κ3) is 1.83. The van der Waals surface area contributed by atoms with E-state index in [1.165, 1.54) is 0 Å². The minimum absolute atomic E-state index is 0.0303. The maximum atomic E-state index is 11.1. The van der Waals surface area contributed by atoms with Crippen LogP contribution in [0.15, 0.2) is 0 Å². The van der Waals surface area contributed by atoms with Crippen molar-refractivity contribution in [1.29, 1.82) is 0 Å². The van der Waals surface area contributed by atoms with Gasteiger partial charge in [0.15, 0.2) is 0 Å². The first-order chi connectivity index (χ1) is 5.27. The molecule has 1 rings (SSSR count). The molecule has 0 radical (unpaired) electrons. The fraction of sp³-hybridized carbons (Fsp3) is 0.857. The van der Waals surface area contributed by atoms with Crippen LogP contribution in [0.2, 0.25) is 0 Å². The highest BCUT2D eigenvalue weighted by Gasteiger charge is 2.23. The first kappa shape index (κ1) is 8.33. The molecule has 4 heteroatoms. The topological polar surface area (TPSA) is 44.4 Å². The molecule has 1 saturated heterocycles. The van der Waals surface area contributed by atoms with Crippen LogP contribution in [-0.2, 0) is 0 Å². The predicted molar refractivity (Wildman–Crippen MR) is 43.5 cm³/mol.